The normalized spacial score (nSPS) is 39.2. The highest BCUT2D eigenvalue weighted by Crippen LogP contribution is 2.62. The smallest absolute Gasteiger partial charge is 0.331 e. The Balaban J connectivity index is 1.82. The van der Waals surface area contributed by atoms with Gasteiger partial charge >= 0.3 is 11.9 Å². The van der Waals surface area contributed by atoms with E-state index in [4.69, 9.17) is 4.74 Å². The van der Waals surface area contributed by atoms with Gasteiger partial charge in [0.15, 0.2) is 0 Å². The fourth-order valence-electron chi connectivity index (χ4n) is 5.63. The van der Waals surface area contributed by atoms with Crippen molar-refractivity contribution in [1.82, 2.24) is 0 Å². The lowest BCUT2D eigenvalue weighted by atomic mass is 9.46. The first-order chi connectivity index (χ1) is 11.3. The molecule has 3 rings (SSSR count). The lowest BCUT2D eigenvalue weighted by Crippen LogP contribution is -2.53. The van der Waals surface area contributed by atoms with E-state index >= 15 is 0 Å². The van der Waals surface area contributed by atoms with E-state index in [0.717, 1.165) is 50.5 Å². The van der Waals surface area contributed by atoms with E-state index in [9.17, 15) is 14.7 Å². The first-order valence-electron chi connectivity index (χ1n) is 9.04. The molecule has 1 aliphatic heterocycles. The van der Waals surface area contributed by atoms with Gasteiger partial charge in [-0.25, -0.2) is 4.79 Å². The van der Waals surface area contributed by atoms with Crippen LogP contribution in [0.3, 0.4) is 0 Å². The number of esters is 1. The monoisotopic (exact) mass is 332 g/mol. The molecule has 3 aliphatic rings. The van der Waals surface area contributed by atoms with Crippen LogP contribution in [-0.4, -0.2) is 23.7 Å². The predicted octanol–water partition coefficient (Wildman–Crippen LogP) is 4.11. The molecule has 0 aromatic heterocycles. The van der Waals surface area contributed by atoms with Crippen LogP contribution in [0.2, 0.25) is 0 Å². The first-order valence-corrected chi connectivity index (χ1v) is 9.04. The van der Waals surface area contributed by atoms with Crippen LogP contribution in [0.25, 0.3) is 0 Å². The molecule has 2 fully saturated rings. The molecule has 1 heterocycles. The standard InChI is InChI=1S/C20H28O4/c1-13-5-8-16-19(2,9-4-10-20(16,3)18(22)23)15(13)7-6-14-11-17(21)24-12-14/h11,15-16H,1,4-10,12H2,2-3H3,(H,22,23)/t15-,16-,19-,20+/m1/s1. The SMILES string of the molecule is C=C1CC[C@@H]2[C@](C)(CCC[C@]2(C)C(=O)O)[C@@H]1CCC1=CC(=O)OC1. The molecule has 0 aromatic rings. The van der Waals surface area contributed by atoms with Gasteiger partial charge in [-0.3, -0.25) is 4.79 Å². The van der Waals surface area contributed by atoms with Gasteiger partial charge in [0, 0.05) is 6.08 Å². The molecule has 4 heteroatoms. The Bertz CT molecular complexity index is 605. The number of cyclic esters (lactones) is 1. The molecule has 0 saturated heterocycles. The second-order valence-electron chi connectivity index (χ2n) is 8.33. The molecular formula is C20H28O4. The molecule has 0 amide bonds. The first kappa shape index (κ1) is 17.2. The number of aliphatic carboxylic acids is 1. The van der Waals surface area contributed by atoms with Gasteiger partial charge in [0.1, 0.15) is 6.61 Å². The Morgan fingerprint density at radius 2 is 2.17 bits per heavy atom. The van der Waals surface area contributed by atoms with E-state index in [1.54, 1.807) is 6.08 Å². The maximum Gasteiger partial charge on any atom is 0.331 e. The van der Waals surface area contributed by atoms with Crippen molar-refractivity contribution < 1.29 is 19.4 Å². The van der Waals surface area contributed by atoms with Crippen LogP contribution in [0.5, 0.6) is 0 Å². The number of carboxylic acid groups (broad SMARTS) is 1. The predicted molar refractivity (Wildman–Crippen MR) is 91.3 cm³/mol. The second kappa shape index (κ2) is 6.05. The Hall–Kier alpha value is -1.58. The molecule has 4 nitrogen and oxygen atoms in total. The third kappa shape index (κ3) is 2.70. The summed E-state index contributed by atoms with van der Waals surface area (Å²) in [6, 6.07) is 0. The number of fused-ring (bicyclic) bond motifs is 1. The lowest BCUT2D eigenvalue weighted by Gasteiger charge is -2.57. The summed E-state index contributed by atoms with van der Waals surface area (Å²) in [5.41, 5.74) is 1.67. The molecule has 0 radical (unpaired) electrons. The fraction of sp³-hybridized carbons (Fsp3) is 0.700. The van der Waals surface area contributed by atoms with Gasteiger partial charge in [-0.15, -0.1) is 0 Å². The minimum Gasteiger partial charge on any atom is -0.481 e. The molecule has 4 atom stereocenters. The van der Waals surface area contributed by atoms with Crippen LogP contribution in [0.1, 0.15) is 58.8 Å². The summed E-state index contributed by atoms with van der Waals surface area (Å²) in [7, 11) is 0. The van der Waals surface area contributed by atoms with Gasteiger partial charge in [-0.1, -0.05) is 25.5 Å². The van der Waals surface area contributed by atoms with Gasteiger partial charge in [0.05, 0.1) is 5.41 Å². The number of allylic oxidation sites excluding steroid dienone is 1. The molecule has 2 saturated carbocycles. The van der Waals surface area contributed by atoms with Crippen molar-refractivity contribution in [1.29, 1.82) is 0 Å². The Labute approximate surface area is 144 Å². The number of rotatable bonds is 4. The van der Waals surface area contributed by atoms with Crippen molar-refractivity contribution in [3.05, 3.63) is 23.8 Å². The molecule has 1 N–H and O–H groups in total. The number of ether oxygens (including phenoxy) is 1. The number of carbonyl (C=O) groups excluding carboxylic acids is 1. The van der Waals surface area contributed by atoms with Crippen molar-refractivity contribution in [2.75, 3.05) is 6.61 Å². The average Bonchev–Trinajstić information content (AvgIpc) is 2.91. The molecule has 2 aliphatic carbocycles. The van der Waals surface area contributed by atoms with Crippen molar-refractivity contribution in [3.8, 4) is 0 Å². The minimum absolute atomic E-state index is 0.00917. The summed E-state index contributed by atoms with van der Waals surface area (Å²) in [5, 5.41) is 9.85. The average molecular weight is 332 g/mol. The van der Waals surface area contributed by atoms with E-state index in [0.29, 0.717) is 12.5 Å². The number of hydrogen-bond donors (Lipinski definition) is 1. The lowest BCUT2D eigenvalue weighted by molar-refractivity contribution is -0.164. The van der Waals surface area contributed by atoms with Gasteiger partial charge in [-0.2, -0.15) is 0 Å². The van der Waals surface area contributed by atoms with E-state index < -0.39 is 11.4 Å². The highest BCUT2D eigenvalue weighted by atomic mass is 16.5. The van der Waals surface area contributed by atoms with Crippen molar-refractivity contribution >= 4 is 11.9 Å². The zero-order valence-corrected chi connectivity index (χ0v) is 14.8. The second-order valence-corrected chi connectivity index (χ2v) is 8.33. The summed E-state index contributed by atoms with van der Waals surface area (Å²) < 4.78 is 5.00. The summed E-state index contributed by atoms with van der Waals surface area (Å²) in [6.45, 7) is 8.94. The van der Waals surface area contributed by atoms with Crippen molar-refractivity contribution in [2.24, 2.45) is 22.7 Å². The molecule has 0 bridgehead atoms. The maximum atomic E-state index is 12.0. The molecular weight excluding hydrogens is 304 g/mol. The summed E-state index contributed by atoms with van der Waals surface area (Å²) in [4.78, 5) is 23.2. The van der Waals surface area contributed by atoms with Crippen molar-refractivity contribution in [2.45, 2.75) is 58.8 Å². The number of carboxylic acids is 1. The van der Waals surface area contributed by atoms with E-state index in [1.165, 1.54) is 5.57 Å². The third-order valence-electron chi connectivity index (χ3n) is 6.98. The number of carbonyl (C=O) groups is 2. The Kier molecular flexibility index (Phi) is 4.35. The molecule has 0 unspecified atom stereocenters. The van der Waals surface area contributed by atoms with Gasteiger partial charge in [-0.05, 0) is 68.3 Å². The Morgan fingerprint density at radius 1 is 1.42 bits per heavy atom. The summed E-state index contributed by atoms with van der Waals surface area (Å²) in [5.74, 6) is -0.371. The topological polar surface area (TPSA) is 63.6 Å². The van der Waals surface area contributed by atoms with Crippen molar-refractivity contribution in [3.63, 3.8) is 0 Å². The Morgan fingerprint density at radius 3 is 2.79 bits per heavy atom. The van der Waals surface area contributed by atoms with Crippen LogP contribution in [-0.2, 0) is 14.3 Å². The largest absolute Gasteiger partial charge is 0.481 e. The number of hydrogen-bond acceptors (Lipinski definition) is 3. The highest BCUT2D eigenvalue weighted by Gasteiger charge is 2.57. The van der Waals surface area contributed by atoms with Crippen LogP contribution in [0.15, 0.2) is 23.8 Å². The van der Waals surface area contributed by atoms with Crippen LogP contribution < -0.4 is 0 Å². The fourth-order valence-corrected chi connectivity index (χ4v) is 5.63. The zero-order valence-electron chi connectivity index (χ0n) is 14.8. The molecule has 132 valence electrons. The minimum atomic E-state index is -0.651. The molecule has 0 aromatic carbocycles. The molecule has 0 spiro atoms. The van der Waals surface area contributed by atoms with E-state index in [1.807, 2.05) is 6.92 Å². The zero-order chi connectivity index (χ0) is 17.5. The van der Waals surface area contributed by atoms with Crippen LogP contribution in [0, 0.1) is 22.7 Å². The maximum absolute atomic E-state index is 12.0. The summed E-state index contributed by atoms with van der Waals surface area (Å²) in [6.07, 6.45) is 8.03. The van der Waals surface area contributed by atoms with E-state index in [2.05, 4.69) is 13.5 Å². The quantitative estimate of drug-likeness (QED) is 0.621. The molecule has 24 heavy (non-hydrogen) atoms. The van der Waals surface area contributed by atoms with Gasteiger partial charge < -0.3 is 9.84 Å². The van der Waals surface area contributed by atoms with E-state index in [-0.39, 0.29) is 17.3 Å². The van der Waals surface area contributed by atoms with Crippen LogP contribution >= 0.6 is 0 Å². The van der Waals surface area contributed by atoms with Crippen LogP contribution in [0.4, 0.5) is 0 Å². The van der Waals surface area contributed by atoms with Gasteiger partial charge in [0.2, 0.25) is 0 Å². The van der Waals surface area contributed by atoms with Gasteiger partial charge in [0.25, 0.3) is 0 Å². The highest BCUT2D eigenvalue weighted by molar-refractivity contribution is 5.85. The summed E-state index contributed by atoms with van der Waals surface area (Å²) >= 11 is 0. The third-order valence-corrected chi connectivity index (χ3v) is 6.98.